The van der Waals surface area contributed by atoms with E-state index >= 15 is 0 Å². The van der Waals surface area contributed by atoms with Crippen molar-refractivity contribution in [2.45, 2.75) is 38.1 Å². The molecule has 0 radical (unpaired) electrons. The summed E-state index contributed by atoms with van der Waals surface area (Å²) in [5, 5.41) is 16.3. The summed E-state index contributed by atoms with van der Waals surface area (Å²) in [5.74, 6) is 1.38. The van der Waals surface area contributed by atoms with Crippen molar-refractivity contribution in [2.75, 3.05) is 0 Å². The van der Waals surface area contributed by atoms with Crippen molar-refractivity contribution < 1.29 is 14.7 Å². The maximum absolute atomic E-state index is 12.5. The molecule has 1 amide bonds. The Morgan fingerprint density at radius 3 is 2.32 bits per heavy atom. The van der Waals surface area contributed by atoms with Crippen molar-refractivity contribution in [3.8, 4) is 0 Å². The van der Waals surface area contributed by atoms with E-state index in [4.69, 9.17) is 0 Å². The van der Waals surface area contributed by atoms with E-state index in [1.165, 1.54) is 43.0 Å². The van der Waals surface area contributed by atoms with Crippen molar-refractivity contribution in [2.24, 2.45) is 30.7 Å². The highest BCUT2D eigenvalue weighted by Gasteiger charge is 2.48. The minimum atomic E-state index is -1.11. The van der Waals surface area contributed by atoms with Gasteiger partial charge in [0.2, 0.25) is 0 Å². The van der Waals surface area contributed by atoms with Gasteiger partial charge < -0.3 is 10.4 Å². The number of carboxylic acids is 1. The molecule has 22 heavy (non-hydrogen) atoms. The second-order valence-corrected chi connectivity index (χ2v) is 7.30. The van der Waals surface area contributed by atoms with Gasteiger partial charge in [-0.2, -0.15) is 5.10 Å². The number of carbonyl (C=O) groups is 2. The molecular formula is C16H21N3O3. The lowest BCUT2D eigenvalue weighted by Crippen LogP contribution is -2.56. The molecule has 6 nitrogen and oxygen atoms in total. The number of amides is 1. The number of aromatic nitrogens is 2. The molecule has 118 valence electrons. The van der Waals surface area contributed by atoms with E-state index in [1.54, 1.807) is 7.05 Å². The van der Waals surface area contributed by atoms with Crippen LogP contribution in [0.4, 0.5) is 0 Å². The van der Waals surface area contributed by atoms with Crippen molar-refractivity contribution in [1.29, 1.82) is 0 Å². The average Bonchev–Trinajstić information content (AvgIpc) is 2.84. The monoisotopic (exact) mass is 303 g/mol. The van der Waals surface area contributed by atoms with Gasteiger partial charge in [-0.3, -0.25) is 9.48 Å². The highest BCUT2D eigenvalue weighted by Crippen LogP contribution is 2.53. The number of carboxylic acid groups (broad SMARTS) is 1. The number of rotatable bonds is 3. The van der Waals surface area contributed by atoms with Gasteiger partial charge in [-0.1, -0.05) is 0 Å². The van der Waals surface area contributed by atoms with Gasteiger partial charge in [0.25, 0.3) is 5.91 Å². The molecule has 6 heteroatoms. The summed E-state index contributed by atoms with van der Waals surface area (Å²) in [7, 11) is 1.63. The van der Waals surface area contributed by atoms with E-state index in [9.17, 15) is 14.7 Å². The first kappa shape index (κ1) is 13.8. The van der Waals surface area contributed by atoms with Gasteiger partial charge in [-0.05, 0) is 55.8 Å². The Morgan fingerprint density at radius 2 is 1.77 bits per heavy atom. The fraction of sp³-hybridized carbons (Fsp3) is 0.688. The topological polar surface area (TPSA) is 84.2 Å². The summed E-state index contributed by atoms with van der Waals surface area (Å²) in [6, 6.07) is 0.198. The van der Waals surface area contributed by atoms with Crippen molar-refractivity contribution in [3.63, 3.8) is 0 Å². The summed E-state index contributed by atoms with van der Waals surface area (Å²) in [6.07, 6.45) is 7.61. The Balaban J connectivity index is 1.54. The third-order valence-corrected chi connectivity index (χ3v) is 5.80. The molecule has 2 N–H and O–H groups in total. The van der Waals surface area contributed by atoms with E-state index in [0.717, 1.165) is 11.8 Å². The molecule has 1 heterocycles. The SMILES string of the molecule is Cn1cc(C(=O)O)c(C(=O)NC2C3CC4CC(C3)CC2C4)n1. The zero-order valence-corrected chi connectivity index (χ0v) is 12.7. The number of carbonyl (C=O) groups excluding carboxylic acids is 1. The Morgan fingerprint density at radius 1 is 1.18 bits per heavy atom. The summed E-state index contributed by atoms with van der Waals surface area (Å²) in [5.41, 5.74) is 0.00706. The molecule has 0 unspecified atom stereocenters. The number of nitrogens with one attached hydrogen (secondary N) is 1. The Hall–Kier alpha value is -1.85. The van der Waals surface area contributed by atoms with Crippen LogP contribution < -0.4 is 5.32 Å². The van der Waals surface area contributed by atoms with E-state index in [-0.39, 0.29) is 23.2 Å². The first-order valence-electron chi connectivity index (χ1n) is 8.09. The summed E-state index contributed by atoms with van der Waals surface area (Å²) in [6.45, 7) is 0. The molecule has 4 bridgehead atoms. The van der Waals surface area contributed by atoms with Crippen LogP contribution in [0.3, 0.4) is 0 Å². The van der Waals surface area contributed by atoms with Gasteiger partial charge in [0.15, 0.2) is 5.69 Å². The number of hydrogen-bond donors (Lipinski definition) is 2. The average molecular weight is 303 g/mol. The maximum atomic E-state index is 12.5. The predicted molar refractivity (Wildman–Crippen MR) is 78.5 cm³/mol. The van der Waals surface area contributed by atoms with Crippen LogP contribution in [0.2, 0.25) is 0 Å². The molecular weight excluding hydrogens is 282 g/mol. The number of aromatic carboxylic acids is 1. The van der Waals surface area contributed by atoms with Gasteiger partial charge in [0.05, 0.1) is 0 Å². The van der Waals surface area contributed by atoms with Crippen LogP contribution in [-0.2, 0) is 7.05 Å². The first-order valence-corrected chi connectivity index (χ1v) is 8.09. The highest BCUT2D eigenvalue weighted by molar-refractivity contribution is 6.03. The minimum absolute atomic E-state index is 0.0242. The van der Waals surface area contributed by atoms with Crippen LogP contribution in [0, 0.1) is 23.7 Å². The molecule has 4 aliphatic rings. The predicted octanol–water partition coefficient (Wildman–Crippen LogP) is 1.67. The molecule has 0 aliphatic heterocycles. The number of hydrogen-bond acceptors (Lipinski definition) is 3. The van der Waals surface area contributed by atoms with Crippen molar-refractivity contribution in [3.05, 3.63) is 17.5 Å². The van der Waals surface area contributed by atoms with E-state index < -0.39 is 5.97 Å². The quantitative estimate of drug-likeness (QED) is 0.889. The van der Waals surface area contributed by atoms with Gasteiger partial charge >= 0.3 is 5.97 Å². The lowest BCUT2D eigenvalue weighted by molar-refractivity contribution is -0.0120. The minimum Gasteiger partial charge on any atom is -0.478 e. The van der Waals surface area contributed by atoms with Crippen LogP contribution >= 0.6 is 0 Å². The van der Waals surface area contributed by atoms with Gasteiger partial charge in [-0.25, -0.2) is 4.79 Å². The summed E-state index contributed by atoms with van der Waals surface area (Å²) < 4.78 is 1.38. The lowest BCUT2D eigenvalue weighted by Gasteiger charge is -2.54. The van der Waals surface area contributed by atoms with E-state index in [0.29, 0.717) is 11.8 Å². The Kier molecular flexibility index (Phi) is 3.03. The molecule has 0 atom stereocenters. The van der Waals surface area contributed by atoms with Gasteiger partial charge in [0, 0.05) is 19.3 Å². The van der Waals surface area contributed by atoms with Crippen LogP contribution in [0.5, 0.6) is 0 Å². The van der Waals surface area contributed by atoms with Gasteiger partial charge in [-0.15, -0.1) is 0 Å². The third kappa shape index (κ3) is 2.12. The molecule has 4 fully saturated rings. The fourth-order valence-electron chi connectivity index (χ4n) is 5.19. The zero-order chi connectivity index (χ0) is 15.4. The number of nitrogens with zero attached hydrogens (tertiary/aromatic N) is 2. The van der Waals surface area contributed by atoms with Crippen LogP contribution in [0.1, 0.15) is 53.0 Å². The molecule has 1 aromatic heterocycles. The van der Waals surface area contributed by atoms with Crippen LogP contribution in [-0.4, -0.2) is 32.8 Å². The zero-order valence-electron chi connectivity index (χ0n) is 12.7. The lowest BCUT2D eigenvalue weighted by atomic mass is 9.54. The Bertz CT molecular complexity index is 609. The standard InChI is InChI=1S/C16H21N3O3/c1-19-7-12(16(21)22)14(18-19)15(20)17-13-10-3-8-2-9(5-10)6-11(13)4-8/h7-11,13H,2-6H2,1H3,(H,17,20)(H,21,22). The molecule has 0 aromatic carbocycles. The molecule has 0 spiro atoms. The number of aryl methyl sites for hydroxylation is 1. The Labute approximate surface area is 128 Å². The van der Waals surface area contributed by atoms with E-state index in [2.05, 4.69) is 10.4 Å². The highest BCUT2D eigenvalue weighted by atomic mass is 16.4. The molecule has 0 saturated heterocycles. The molecule has 4 saturated carbocycles. The maximum Gasteiger partial charge on any atom is 0.339 e. The van der Waals surface area contributed by atoms with Crippen LogP contribution in [0.25, 0.3) is 0 Å². The third-order valence-electron chi connectivity index (χ3n) is 5.80. The fourth-order valence-corrected chi connectivity index (χ4v) is 5.19. The summed E-state index contributed by atoms with van der Waals surface area (Å²) >= 11 is 0. The second kappa shape index (κ2) is 4.83. The first-order chi connectivity index (χ1) is 10.5. The summed E-state index contributed by atoms with van der Waals surface area (Å²) in [4.78, 5) is 23.8. The molecule has 4 aliphatic carbocycles. The molecule has 1 aromatic rings. The van der Waals surface area contributed by atoms with Crippen molar-refractivity contribution in [1.82, 2.24) is 15.1 Å². The second-order valence-electron chi connectivity index (χ2n) is 7.30. The molecule has 5 rings (SSSR count). The van der Waals surface area contributed by atoms with Crippen molar-refractivity contribution >= 4 is 11.9 Å². The smallest absolute Gasteiger partial charge is 0.339 e. The van der Waals surface area contributed by atoms with Gasteiger partial charge in [0.1, 0.15) is 5.56 Å². The van der Waals surface area contributed by atoms with E-state index in [1.807, 2.05) is 0 Å². The van der Waals surface area contributed by atoms with Crippen LogP contribution in [0.15, 0.2) is 6.20 Å². The normalized spacial score (nSPS) is 35.6. The largest absolute Gasteiger partial charge is 0.478 e.